The van der Waals surface area contributed by atoms with Crippen LogP contribution < -0.4 is 5.32 Å². The van der Waals surface area contributed by atoms with Crippen LogP contribution in [0.2, 0.25) is 0 Å². The Labute approximate surface area is 114 Å². The predicted octanol–water partition coefficient (Wildman–Crippen LogP) is 0.786. The van der Waals surface area contributed by atoms with Gasteiger partial charge in [0.1, 0.15) is 0 Å². The van der Waals surface area contributed by atoms with E-state index in [1.165, 1.54) is 0 Å². The number of hydrogen-bond donors (Lipinski definition) is 1. The molecule has 1 N–H and O–H groups in total. The smallest absolute Gasteiger partial charge is 0.309 e. The summed E-state index contributed by atoms with van der Waals surface area (Å²) in [5.41, 5.74) is 0. The summed E-state index contributed by atoms with van der Waals surface area (Å²) >= 11 is 0. The Morgan fingerprint density at radius 3 is 2.47 bits per heavy atom. The fraction of sp³-hybridized carbons (Fsp3) is 0.857. The Hall–Kier alpha value is -1.10. The van der Waals surface area contributed by atoms with Crippen molar-refractivity contribution in [3.63, 3.8) is 0 Å². The lowest BCUT2D eigenvalue weighted by Gasteiger charge is -2.33. The minimum absolute atomic E-state index is 0.0249. The molecule has 2 heterocycles. The molecule has 2 aliphatic rings. The van der Waals surface area contributed by atoms with Crippen molar-refractivity contribution in [3.8, 4) is 0 Å². The Bertz CT molecular complexity index is 338. The molecular formula is C14H24N2O3. The molecule has 0 aromatic carbocycles. The molecule has 0 aliphatic carbocycles. The summed E-state index contributed by atoms with van der Waals surface area (Å²) in [6.45, 7) is 6.63. The standard InChI is InChI=1S/C14H24N2O3/c1-3-19-14(18)11-5-8-16(9-6-11)13(17)12-4-7-15-10(12)2/h10-12,15H,3-9H2,1-2H3. The van der Waals surface area contributed by atoms with E-state index in [4.69, 9.17) is 4.74 Å². The van der Waals surface area contributed by atoms with E-state index < -0.39 is 0 Å². The molecule has 0 bridgehead atoms. The van der Waals surface area contributed by atoms with Gasteiger partial charge in [0, 0.05) is 19.1 Å². The van der Waals surface area contributed by atoms with E-state index in [0.717, 1.165) is 25.8 Å². The summed E-state index contributed by atoms with van der Waals surface area (Å²) in [6.07, 6.45) is 2.40. The van der Waals surface area contributed by atoms with Gasteiger partial charge in [0.2, 0.25) is 5.91 Å². The molecule has 1 amide bonds. The molecule has 2 saturated heterocycles. The van der Waals surface area contributed by atoms with Gasteiger partial charge < -0.3 is 15.0 Å². The number of amides is 1. The molecule has 0 spiro atoms. The van der Waals surface area contributed by atoms with E-state index >= 15 is 0 Å². The fourth-order valence-electron chi connectivity index (χ4n) is 3.03. The highest BCUT2D eigenvalue weighted by molar-refractivity contribution is 5.80. The largest absolute Gasteiger partial charge is 0.466 e. The van der Waals surface area contributed by atoms with Crippen molar-refractivity contribution in [2.45, 2.75) is 39.2 Å². The third-order valence-electron chi connectivity index (χ3n) is 4.27. The molecule has 5 nitrogen and oxygen atoms in total. The van der Waals surface area contributed by atoms with Crippen LogP contribution in [-0.4, -0.2) is 49.1 Å². The highest BCUT2D eigenvalue weighted by atomic mass is 16.5. The Balaban J connectivity index is 1.82. The van der Waals surface area contributed by atoms with Crippen molar-refractivity contribution in [2.75, 3.05) is 26.2 Å². The highest BCUT2D eigenvalue weighted by Crippen LogP contribution is 2.23. The van der Waals surface area contributed by atoms with Gasteiger partial charge in [-0.05, 0) is 39.7 Å². The zero-order valence-electron chi connectivity index (χ0n) is 11.9. The second-order valence-electron chi connectivity index (χ2n) is 5.49. The molecule has 5 heteroatoms. The van der Waals surface area contributed by atoms with E-state index in [1.54, 1.807) is 0 Å². The summed E-state index contributed by atoms with van der Waals surface area (Å²) < 4.78 is 5.04. The number of carbonyl (C=O) groups excluding carboxylic acids is 2. The number of carbonyl (C=O) groups is 2. The van der Waals surface area contributed by atoms with Crippen molar-refractivity contribution >= 4 is 11.9 Å². The first-order chi connectivity index (χ1) is 9.13. The lowest BCUT2D eigenvalue weighted by Crippen LogP contribution is -2.45. The Morgan fingerprint density at radius 2 is 1.95 bits per heavy atom. The number of rotatable bonds is 3. The molecule has 0 radical (unpaired) electrons. The molecule has 19 heavy (non-hydrogen) atoms. The van der Waals surface area contributed by atoms with Crippen molar-refractivity contribution in [2.24, 2.45) is 11.8 Å². The average Bonchev–Trinajstić information content (AvgIpc) is 2.84. The van der Waals surface area contributed by atoms with Crippen molar-refractivity contribution in [1.29, 1.82) is 0 Å². The van der Waals surface area contributed by atoms with Crippen LogP contribution in [0, 0.1) is 11.8 Å². The van der Waals surface area contributed by atoms with E-state index in [1.807, 2.05) is 11.8 Å². The van der Waals surface area contributed by atoms with Crippen LogP contribution >= 0.6 is 0 Å². The molecule has 2 fully saturated rings. The van der Waals surface area contributed by atoms with Crippen LogP contribution in [0.4, 0.5) is 0 Å². The Kier molecular flexibility index (Phi) is 4.80. The first-order valence-corrected chi connectivity index (χ1v) is 7.32. The third-order valence-corrected chi connectivity index (χ3v) is 4.27. The van der Waals surface area contributed by atoms with E-state index in [0.29, 0.717) is 19.7 Å². The number of esters is 1. The predicted molar refractivity (Wildman–Crippen MR) is 71.5 cm³/mol. The molecule has 0 saturated carbocycles. The normalized spacial score (nSPS) is 28.4. The number of ether oxygens (including phenoxy) is 1. The van der Waals surface area contributed by atoms with Gasteiger partial charge in [0.15, 0.2) is 0 Å². The molecule has 2 atom stereocenters. The van der Waals surface area contributed by atoms with E-state index in [9.17, 15) is 9.59 Å². The minimum Gasteiger partial charge on any atom is -0.466 e. The maximum atomic E-state index is 12.4. The maximum Gasteiger partial charge on any atom is 0.309 e. The molecule has 2 rings (SSSR count). The van der Waals surface area contributed by atoms with Crippen LogP contribution in [0.5, 0.6) is 0 Å². The van der Waals surface area contributed by atoms with E-state index in [-0.39, 0.29) is 29.8 Å². The van der Waals surface area contributed by atoms with Crippen molar-refractivity contribution in [1.82, 2.24) is 10.2 Å². The first kappa shape index (κ1) is 14.3. The topological polar surface area (TPSA) is 58.6 Å². The van der Waals surface area contributed by atoms with Crippen LogP contribution in [0.1, 0.15) is 33.1 Å². The number of likely N-dealkylation sites (tertiary alicyclic amines) is 1. The van der Waals surface area contributed by atoms with Crippen LogP contribution in [0.3, 0.4) is 0 Å². The lowest BCUT2D eigenvalue weighted by atomic mass is 9.94. The molecule has 108 valence electrons. The number of hydrogen-bond acceptors (Lipinski definition) is 4. The maximum absolute atomic E-state index is 12.4. The zero-order valence-corrected chi connectivity index (χ0v) is 11.9. The van der Waals surface area contributed by atoms with Crippen LogP contribution in [0.15, 0.2) is 0 Å². The van der Waals surface area contributed by atoms with Gasteiger partial charge in [-0.1, -0.05) is 0 Å². The summed E-state index contributed by atoms with van der Waals surface area (Å²) in [5.74, 6) is 0.229. The van der Waals surface area contributed by atoms with Gasteiger partial charge in [-0.15, -0.1) is 0 Å². The lowest BCUT2D eigenvalue weighted by molar-refractivity contribution is -0.151. The second kappa shape index (κ2) is 6.37. The summed E-state index contributed by atoms with van der Waals surface area (Å²) in [7, 11) is 0. The summed E-state index contributed by atoms with van der Waals surface area (Å²) in [5, 5.41) is 3.31. The number of piperidine rings is 1. The van der Waals surface area contributed by atoms with E-state index in [2.05, 4.69) is 12.2 Å². The number of nitrogens with one attached hydrogen (secondary N) is 1. The third kappa shape index (κ3) is 3.26. The van der Waals surface area contributed by atoms with Gasteiger partial charge in [0.05, 0.1) is 18.4 Å². The second-order valence-corrected chi connectivity index (χ2v) is 5.49. The van der Waals surface area contributed by atoms with Crippen LogP contribution in [-0.2, 0) is 14.3 Å². The molecule has 0 aromatic heterocycles. The molecular weight excluding hydrogens is 244 g/mol. The van der Waals surface area contributed by atoms with Crippen molar-refractivity contribution in [3.05, 3.63) is 0 Å². The molecule has 2 unspecified atom stereocenters. The van der Waals surface area contributed by atoms with Crippen LogP contribution in [0.25, 0.3) is 0 Å². The van der Waals surface area contributed by atoms with Crippen molar-refractivity contribution < 1.29 is 14.3 Å². The summed E-state index contributed by atoms with van der Waals surface area (Å²) in [4.78, 5) is 26.0. The monoisotopic (exact) mass is 268 g/mol. The molecule has 0 aromatic rings. The Morgan fingerprint density at radius 1 is 1.26 bits per heavy atom. The van der Waals surface area contributed by atoms with Gasteiger partial charge in [0.25, 0.3) is 0 Å². The fourth-order valence-corrected chi connectivity index (χ4v) is 3.03. The van der Waals surface area contributed by atoms with Gasteiger partial charge in [-0.2, -0.15) is 0 Å². The quantitative estimate of drug-likeness (QED) is 0.769. The summed E-state index contributed by atoms with van der Waals surface area (Å²) in [6, 6.07) is 0.273. The zero-order chi connectivity index (χ0) is 13.8. The number of nitrogens with zero attached hydrogens (tertiary/aromatic N) is 1. The van der Waals surface area contributed by atoms with Gasteiger partial charge in [-0.3, -0.25) is 9.59 Å². The first-order valence-electron chi connectivity index (χ1n) is 7.32. The SMILES string of the molecule is CCOC(=O)C1CCN(C(=O)C2CCNC2C)CC1. The van der Waals surface area contributed by atoms with Gasteiger partial charge in [-0.25, -0.2) is 0 Å². The molecule has 2 aliphatic heterocycles. The minimum atomic E-state index is -0.106. The van der Waals surface area contributed by atoms with Gasteiger partial charge >= 0.3 is 5.97 Å². The average molecular weight is 268 g/mol. The highest BCUT2D eigenvalue weighted by Gasteiger charge is 2.35.